The summed E-state index contributed by atoms with van der Waals surface area (Å²) in [6.07, 6.45) is 0. The Labute approximate surface area is 73.6 Å². The fraction of sp³-hybridized carbons (Fsp3) is 0.250. The molecule has 0 fully saturated rings. The van der Waals surface area contributed by atoms with Gasteiger partial charge in [0.15, 0.2) is 0 Å². The highest BCUT2D eigenvalue weighted by atomic mass is 79.9. The van der Waals surface area contributed by atoms with Crippen molar-refractivity contribution in [3.8, 4) is 5.75 Å². The van der Waals surface area contributed by atoms with Gasteiger partial charge in [0.1, 0.15) is 5.75 Å². The molecular formula is C8H9BrO2. The van der Waals surface area contributed by atoms with Crippen LogP contribution in [0, 0.1) is 0 Å². The molecule has 60 valence electrons. The third kappa shape index (κ3) is 2.20. The summed E-state index contributed by atoms with van der Waals surface area (Å²) < 4.78 is 0. The van der Waals surface area contributed by atoms with Gasteiger partial charge in [-0.1, -0.05) is 28.1 Å². The largest absolute Gasteiger partial charge is 0.508 e. The number of benzene rings is 1. The Balaban J connectivity index is 2.86. The maximum absolute atomic E-state index is 9.06. The second kappa shape index (κ2) is 3.74. The van der Waals surface area contributed by atoms with Crippen LogP contribution in [0.25, 0.3) is 0 Å². The lowest BCUT2D eigenvalue weighted by molar-refractivity contribution is 0.298. The molecule has 0 aromatic heterocycles. The van der Waals surface area contributed by atoms with E-state index in [0.717, 1.165) is 5.56 Å². The molecule has 2 nitrogen and oxygen atoms in total. The molecule has 11 heavy (non-hydrogen) atoms. The fourth-order valence-corrected chi connectivity index (χ4v) is 1.11. The maximum atomic E-state index is 9.06. The minimum atomic E-state index is -0.0883. The van der Waals surface area contributed by atoms with E-state index in [4.69, 9.17) is 10.2 Å². The second-order valence-electron chi connectivity index (χ2n) is 2.25. The van der Waals surface area contributed by atoms with E-state index in [2.05, 4.69) is 15.9 Å². The van der Waals surface area contributed by atoms with Gasteiger partial charge in [0.05, 0.1) is 11.4 Å². The maximum Gasteiger partial charge on any atom is 0.115 e. The SMILES string of the molecule is OCC(Br)c1cccc(O)c1. The van der Waals surface area contributed by atoms with Crippen LogP contribution in [-0.4, -0.2) is 16.8 Å². The zero-order valence-corrected chi connectivity index (χ0v) is 7.45. The predicted octanol–water partition coefficient (Wildman–Crippen LogP) is 1.82. The number of hydrogen-bond acceptors (Lipinski definition) is 2. The smallest absolute Gasteiger partial charge is 0.115 e. The third-order valence-corrected chi connectivity index (χ3v) is 2.21. The lowest BCUT2D eigenvalue weighted by atomic mass is 10.1. The summed E-state index contributed by atoms with van der Waals surface area (Å²) in [5.74, 6) is 0.223. The molecule has 2 N–H and O–H groups in total. The number of aliphatic hydroxyl groups excluding tert-OH is 1. The molecule has 0 aliphatic carbocycles. The van der Waals surface area contributed by atoms with Crippen molar-refractivity contribution in [1.29, 1.82) is 0 Å². The number of phenolic OH excluding ortho intramolecular Hbond substituents is 1. The van der Waals surface area contributed by atoms with Crippen molar-refractivity contribution in [3.05, 3.63) is 29.8 Å². The summed E-state index contributed by atoms with van der Waals surface area (Å²) in [5.41, 5.74) is 0.882. The molecule has 0 aliphatic heterocycles. The normalized spacial score (nSPS) is 12.9. The van der Waals surface area contributed by atoms with E-state index in [9.17, 15) is 0 Å². The number of aromatic hydroxyl groups is 1. The minimum absolute atomic E-state index is 0.0312. The average molecular weight is 217 g/mol. The molecule has 0 saturated heterocycles. The summed E-state index contributed by atoms with van der Waals surface area (Å²) in [6.45, 7) is 0.0312. The van der Waals surface area contributed by atoms with Gasteiger partial charge in [-0.05, 0) is 17.7 Å². The van der Waals surface area contributed by atoms with Gasteiger partial charge < -0.3 is 10.2 Å². The van der Waals surface area contributed by atoms with Crippen LogP contribution in [0.1, 0.15) is 10.4 Å². The van der Waals surface area contributed by atoms with Crippen LogP contribution in [-0.2, 0) is 0 Å². The first-order valence-corrected chi connectivity index (χ1v) is 4.19. The lowest BCUT2D eigenvalue weighted by Gasteiger charge is -2.05. The van der Waals surface area contributed by atoms with E-state index in [1.54, 1.807) is 18.2 Å². The molecule has 1 unspecified atom stereocenters. The molecule has 0 heterocycles. The summed E-state index contributed by atoms with van der Waals surface area (Å²) >= 11 is 3.26. The van der Waals surface area contributed by atoms with E-state index in [1.165, 1.54) is 0 Å². The van der Waals surface area contributed by atoms with Gasteiger partial charge in [-0.15, -0.1) is 0 Å². The second-order valence-corrected chi connectivity index (χ2v) is 3.35. The van der Waals surface area contributed by atoms with Gasteiger partial charge in [-0.25, -0.2) is 0 Å². The number of alkyl halides is 1. The minimum Gasteiger partial charge on any atom is -0.508 e. The van der Waals surface area contributed by atoms with Gasteiger partial charge in [0.2, 0.25) is 0 Å². The molecule has 1 aromatic rings. The first-order chi connectivity index (χ1) is 5.24. The van der Waals surface area contributed by atoms with E-state index < -0.39 is 0 Å². The highest BCUT2D eigenvalue weighted by Crippen LogP contribution is 2.24. The van der Waals surface area contributed by atoms with E-state index >= 15 is 0 Å². The first-order valence-electron chi connectivity index (χ1n) is 3.28. The third-order valence-electron chi connectivity index (χ3n) is 1.39. The van der Waals surface area contributed by atoms with Crippen LogP contribution in [0.3, 0.4) is 0 Å². The highest BCUT2D eigenvalue weighted by molar-refractivity contribution is 9.09. The molecule has 0 spiro atoms. The van der Waals surface area contributed by atoms with Crippen LogP contribution < -0.4 is 0 Å². The molecule has 0 bridgehead atoms. The standard InChI is InChI=1S/C8H9BrO2/c9-8(5-10)6-2-1-3-7(11)4-6/h1-4,8,10-11H,5H2. The molecular weight excluding hydrogens is 208 g/mol. The fourth-order valence-electron chi connectivity index (χ4n) is 0.825. The quantitative estimate of drug-likeness (QED) is 0.741. The zero-order valence-electron chi connectivity index (χ0n) is 5.87. The average Bonchev–Trinajstić information content (AvgIpc) is 2.03. The number of rotatable bonds is 2. The van der Waals surface area contributed by atoms with Crippen molar-refractivity contribution < 1.29 is 10.2 Å². The van der Waals surface area contributed by atoms with E-state index in [0.29, 0.717) is 0 Å². The Hall–Kier alpha value is -0.540. The van der Waals surface area contributed by atoms with Crippen LogP contribution in [0.4, 0.5) is 0 Å². The Bertz CT molecular complexity index is 237. The van der Waals surface area contributed by atoms with Gasteiger partial charge in [-0.2, -0.15) is 0 Å². The van der Waals surface area contributed by atoms with Crippen molar-refractivity contribution in [2.75, 3.05) is 6.61 Å². The Morgan fingerprint density at radius 2 is 2.18 bits per heavy atom. The van der Waals surface area contributed by atoms with Crippen molar-refractivity contribution in [2.24, 2.45) is 0 Å². The Kier molecular flexibility index (Phi) is 2.91. The molecule has 3 heteroatoms. The summed E-state index contributed by atoms with van der Waals surface area (Å²) in [5, 5.41) is 17.8. The van der Waals surface area contributed by atoms with Crippen molar-refractivity contribution >= 4 is 15.9 Å². The summed E-state index contributed by atoms with van der Waals surface area (Å²) in [4.78, 5) is -0.0883. The Morgan fingerprint density at radius 3 is 2.73 bits per heavy atom. The molecule has 1 rings (SSSR count). The number of aliphatic hydroxyl groups is 1. The summed E-state index contributed by atoms with van der Waals surface area (Å²) in [6, 6.07) is 6.81. The monoisotopic (exact) mass is 216 g/mol. The predicted molar refractivity (Wildman–Crippen MR) is 46.9 cm³/mol. The van der Waals surface area contributed by atoms with Crippen LogP contribution in [0.5, 0.6) is 5.75 Å². The van der Waals surface area contributed by atoms with Gasteiger partial charge >= 0.3 is 0 Å². The zero-order chi connectivity index (χ0) is 8.27. The van der Waals surface area contributed by atoms with Crippen LogP contribution in [0.15, 0.2) is 24.3 Å². The van der Waals surface area contributed by atoms with Gasteiger partial charge in [0, 0.05) is 0 Å². The number of phenols is 1. The van der Waals surface area contributed by atoms with Crippen LogP contribution in [0.2, 0.25) is 0 Å². The molecule has 1 atom stereocenters. The van der Waals surface area contributed by atoms with Crippen molar-refractivity contribution in [3.63, 3.8) is 0 Å². The topological polar surface area (TPSA) is 40.5 Å². The van der Waals surface area contributed by atoms with Crippen molar-refractivity contribution in [1.82, 2.24) is 0 Å². The van der Waals surface area contributed by atoms with Crippen LogP contribution >= 0.6 is 15.9 Å². The highest BCUT2D eigenvalue weighted by Gasteiger charge is 2.04. The Morgan fingerprint density at radius 1 is 1.45 bits per heavy atom. The van der Waals surface area contributed by atoms with Gasteiger partial charge in [0.25, 0.3) is 0 Å². The lowest BCUT2D eigenvalue weighted by Crippen LogP contribution is -1.94. The number of halogens is 1. The number of hydrogen-bond donors (Lipinski definition) is 2. The molecule has 1 aromatic carbocycles. The van der Waals surface area contributed by atoms with E-state index in [1.807, 2.05) is 6.07 Å². The molecule has 0 amide bonds. The van der Waals surface area contributed by atoms with E-state index in [-0.39, 0.29) is 17.2 Å². The molecule has 0 saturated carbocycles. The summed E-state index contributed by atoms with van der Waals surface area (Å²) in [7, 11) is 0. The van der Waals surface area contributed by atoms with Crippen molar-refractivity contribution in [2.45, 2.75) is 4.83 Å². The first kappa shape index (κ1) is 8.56. The van der Waals surface area contributed by atoms with Gasteiger partial charge in [-0.3, -0.25) is 0 Å². The molecule has 0 radical (unpaired) electrons. The molecule has 0 aliphatic rings.